The number of amides is 3. The molecule has 330 valence electrons. The van der Waals surface area contributed by atoms with E-state index in [2.05, 4.69) is 20.2 Å². The minimum atomic E-state index is -4.90. The third-order valence-corrected chi connectivity index (χ3v) is 10.6. The second-order valence-electron chi connectivity index (χ2n) is 14.9. The van der Waals surface area contributed by atoms with Gasteiger partial charge in [-0.2, -0.15) is 37.7 Å². The van der Waals surface area contributed by atoms with Gasteiger partial charge in [0.05, 0.1) is 48.1 Å². The average Bonchev–Trinajstić information content (AvgIpc) is 3.98. The van der Waals surface area contributed by atoms with E-state index in [0.29, 0.717) is 34.8 Å². The first-order valence-corrected chi connectivity index (χ1v) is 19.8. The summed E-state index contributed by atoms with van der Waals surface area (Å²) in [5, 5.41) is 8.55. The Labute approximate surface area is 357 Å². The van der Waals surface area contributed by atoms with Gasteiger partial charge in [0.15, 0.2) is 0 Å². The fourth-order valence-electron chi connectivity index (χ4n) is 7.44. The lowest BCUT2D eigenvalue weighted by molar-refractivity contribution is -0.221. The molecule has 0 aliphatic carbocycles. The van der Waals surface area contributed by atoms with E-state index >= 15 is 17.6 Å². The third kappa shape index (κ3) is 8.27. The molecule has 0 aliphatic rings. The number of fused-ring (bicyclic) bond motifs is 2. The Balaban J connectivity index is 1.39. The number of hydrogen-bond donors (Lipinski definition) is 1. The van der Waals surface area contributed by atoms with Gasteiger partial charge in [0.25, 0.3) is 11.8 Å². The number of methoxy groups -OCH3 is 1. The van der Waals surface area contributed by atoms with Gasteiger partial charge < -0.3 is 33.5 Å². The van der Waals surface area contributed by atoms with E-state index < -0.39 is 48.3 Å². The zero-order valence-corrected chi connectivity index (χ0v) is 35.6. The van der Waals surface area contributed by atoms with Crippen molar-refractivity contribution >= 4 is 39.8 Å². The number of carbonyl (C=O) groups excluding carboxylic acids is 3. The molecule has 0 fully saturated rings. The van der Waals surface area contributed by atoms with Crippen molar-refractivity contribution in [1.29, 1.82) is 0 Å². The van der Waals surface area contributed by atoms with Crippen molar-refractivity contribution in [3.63, 3.8) is 0 Å². The lowest BCUT2D eigenvalue weighted by Gasteiger charge is -2.28. The number of carbonyl (C=O) groups is 3. The van der Waals surface area contributed by atoms with Crippen LogP contribution in [0.4, 0.5) is 17.6 Å². The van der Waals surface area contributed by atoms with Crippen LogP contribution in [0.1, 0.15) is 62.1 Å². The SMILES string of the molecule is CCn1nc(C)cc1C(=O)/N=c1\n(C)c2ccccc2n1CC(F)(F)C(F)(F)Cn1/c(=N/C(=O)c2cc(C)nn2CC)n(C)c2cc(C(N)=O)cc(OCc3ccc(OC)cc3)c21. The van der Waals surface area contributed by atoms with Crippen molar-refractivity contribution < 1.29 is 41.4 Å². The highest BCUT2D eigenvalue weighted by Gasteiger charge is 2.57. The minimum absolute atomic E-state index is 0.0199. The fraction of sp³-hybridized carbons (Fsp3) is 0.326. The first-order valence-electron chi connectivity index (χ1n) is 19.8. The Morgan fingerprint density at radius 3 is 1.75 bits per heavy atom. The highest BCUT2D eigenvalue weighted by atomic mass is 19.3. The van der Waals surface area contributed by atoms with Crippen LogP contribution >= 0.6 is 0 Å². The number of nitrogens with zero attached hydrogens (tertiary/aromatic N) is 10. The smallest absolute Gasteiger partial charge is 0.329 e. The van der Waals surface area contributed by atoms with Crippen LogP contribution in [0.2, 0.25) is 0 Å². The molecule has 0 aliphatic heterocycles. The molecule has 0 atom stereocenters. The van der Waals surface area contributed by atoms with E-state index in [1.165, 1.54) is 70.0 Å². The molecule has 7 aromatic rings. The van der Waals surface area contributed by atoms with Gasteiger partial charge in [0.2, 0.25) is 17.1 Å². The summed E-state index contributed by atoms with van der Waals surface area (Å²) in [4.78, 5) is 48.4. The highest BCUT2D eigenvalue weighted by Crippen LogP contribution is 2.39. The van der Waals surface area contributed by atoms with Crippen molar-refractivity contribution in [3.05, 3.63) is 118 Å². The van der Waals surface area contributed by atoms with Gasteiger partial charge in [0, 0.05) is 32.7 Å². The van der Waals surface area contributed by atoms with Gasteiger partial charge in [-0.25, -0.2) is 0 Å². The molecule has 16 nitrogen and oxygen atoms in total. The summed E-state index contributed by atoms with van der Waals surface area (Å²) in [6.07, 6.45) is 0. The topological polar surface area (TPSA) is 176 Å². The Morgan fingerprint density at radius 2 is 1.22 bits per heavy atom. The normalized spacial score (nSPS) is 12.8. The minimum Gasteiger partial charge on any atom is -0.497 e. The first-order chi connectivity index (χ1) is 29.9. The van der Waals surface area contributed by atoms with E-state index in [4.69, 9.17) is 15.2 Å². The largest absolute Gasteiger partial charge is 0.497 e. The number of halogens is 4. The van der Waals surface area contributed by atoms with Gasteiger partial charge in [-0.3, -0.25) is 23.7 Å². The Kier molecular flexibility index (Phi) is 11.8. The predicted molar refractivity (Wildman–Crippen MR) is 223 cm³/mol. The number of nitrogens with two attached hydrogens (primary N) is 1. The zero-order valence-electron chi connectivity index (χ0n) is 35.6. The number of aromatic nitrogens is 8. The lowest BCUT2D eigenvalue weighted by atomic mass is 10.1. The summed E-state index contributed by atoms with van der Waals surface area (Å²) in [5.74, 6) is -12.0. The van der Waals surface area contributed by atoms with E-state index in [1.54, 1.807) is 70.2 Å². The van der Waals surface area contributed by atoms with Crippen LogP contribution < -0.4 is 26.4 Å². The maximum absolute atomic E-state index is 16.9. The van der Waals surface area contributed by atoms with Crippen molar-refractivity contribution in [2.45, 2.75) is 72.3 Å². The number of para-hydroxylation sites is 2. The number of imidazole rings is 2. The molecule has 0 saturated carbocycles. The van der Waals surface area contributed by atoms with E-state index in [-0.39, 0.29) is 58.0 Å². The Bertz CT molecular complexity index is 3060. The number of aryl methyl sites for hydroxylation is 6. The highest BCUT2D eigenvalue weighted by molar-refractivity contribution is 5.99. The summed E-state index contributed by atoms with van der Waals surface area (Å²) in [5.41, 5.74) is 6.84. The molecule has 2 N–H and O–H groups in total. The van der Waals surface area contributed by atoms with Crippen LogP contribution in [-0.2, 0) is 46.9 Å². The number of rotatable bonds is 14. The number of alkyl halides is 4. The Morgan fingerprint density at radius 1 is 0.714 bits per heavy atom. The molecule has 0 spiro atoms. The Hall–Kier alpha value is -7.25. The summed E-state index contributed by atoms with van der Waals surface area (Å²) in [6, 6.07) is 18.4. The average molecular weight is 872 g/mol. The molecule has 63 heavy (non-hydrogen) atoms. The summed E-state index contributed by atoms with van der Waals surface area (Å²) in [7, 11) is 4.36. The second kappa shape index (κ2) is 16.9. The van der Waals surface area contributed by atoms with Crippen LogP contribution in [-0.4, -0.2) is 74.5 Å². The van der Waals surface area contributed by atoms with Gasteiger partial charge in [-0.15, -0.1) is 0 Å². The van der Waals surface area contributed by atoms with Crippen LogP contribution in [0.3, 0.4) is 0 Å². The molecule has 0 radical (unpaired) electrons. The summed E-state index contributed by atoms with van der Waals surface area (Å²) in [6.45, 7) is 3.89. The monoisotopic (exact) mass is 871 g/mol. The summed E-state index contributed by atoms with van der Waals surface area (Å²) >= 11 is 0. The van der Waals surface area contributed by atoms with Crippen molar-refractivity contribution in [1.82, 2.24) is 37.8 Å². The summed E-state index contributed by atoms with van der Waals surface area (Å²) < 4.78 is 85.8. The molecule has 0 bridgehead atoms. The molecule has 20 heteroatoms. The quantitative estimate of drug-likeness (QED) is 0.141. The van der Waals surface area contributed by atoms with E-state index in [1.807, 2.05) is 0 Å². The van der Waals surface area contributed by atoms with Gasteiger partial charge in [-0.05, 0) is 81.8 Å². The van der Waals surface area contributed by atoms with Crippen LogP contribution in [0.25, 0.3) is 22.1 Å². The molecule has 3 aromatic carbocycles. The van der Waals surface area contributed by atoms with E-state index in [9.17, 15) is 14.4 Å². The molecule has 7 rings (SSSR count). The molecular formula is C43H45F4N11O5. The third-order valence-electron chi connectivity index (χ3n) is 10.6. The molecule has 4 heterocycles. The molecule has 4 aromatic heterocycles. The van der Waals surface area contributed by atoms with Crippen LogP contribution in [0, 0.1) is 13.8 Å². The molecular weight excluding hydrogens is 827 g/mol. The molecule has 0 unspecified atom stereocenters. The number of ether oxygens (including phenoxy) is 2. The zero-order chi connectivity index (χ0) is 45.5. The van der Waals surface area contributed by atoms with Gasteiger partial charge in [-0.1, -0.05) is 24.3 Å². The molecule has 0 saturated heterocycles. The van der Waals surface area contributed by atoms with Gasteiger partial charge in [0.1, 0.15) is 35.0 Å². The lowest BCUT2D eigenvalue weighted by Crippen LogP contribution is -2.49. The van der Waals surface area contributed by atoms with Crippen LogP contribution in [0.15, 0.2) is 82.8 Å². The fourth-order valence-corrected chi connectivity index (χ4v) is 7.44. The van der Waals surface area contributed by atoms with Crippen molar-refractivity contribution in [3.8, 4) is 11.5 Å². The molecule has 3 amide bonds. The number of hydrogen-bond acceptors (Lipinski definition) is 7. The van der Waals surface area contributed by atoms with E-state index in [0.717, 1.165) is 9.13 Å². The second-order valence-corrected chi connectivity index (χ2v) is 14.9. The maximum atomic E-state index is 16.9. The first kappa shape index (κ1) is 43.8. The standard InChI is InChI=1S/C43H45F4N11O5/c1-8-57-33(18-25(3)51-57)38(60)49-40-53(5)30-12-10-11-13-31(30)55(40)23-42(44,45)43(46,47)24-56-36-32(54(6)41(56)50-39(61)34-19-26(4)52-58(34)9-2)20-28(37(48)59)21-35(36)63-22-27-14-16-29(62-7)17-15-27/h10-21H,8-9,22-24H2,1-7H3,(H2,48,59)/b49-40+,50-41+. The maximum Gasteiger partial charge on any atom is 0.329 e. The number of benzene rings is 3. The van der Waals surface area contributed by atoms with Crippen molar-refractivity contribution in [2.75, 3.05) is 7.11 Å². The van der Waals surface area contributed by atoms with Crippen molar-refractivity contribution in [2.24, 2.45) is 29.8 Å². The predicted octanol–water partition coefficient (Wildman–Crippen LogP) is 5.46. The van der Waals surface area contributed by atoms with Gasteiger partial charge >= 0.3 is 11.8 Å². The number of primary amides is 1. The van der Waals surface area contributed by atoms with Crippen LogP contribution in [0.5, 0.6) is 11.5 Å².